The third kappa shape index (κ3) is 3.05. The van der Waals surface area contributed by atoms with Crippen LogP contribution in [0.25, 0.3) is 0 Å². The van der Waals surface area contributed by atoms with Gasteiger partial charge in [0.2, 0.25) is 0 Å². The minimum Gasteiger partial charge on any atom is -0.312 e. The minimum absolute atomic E-state index is 0.147. The van der Waals surface area contributed by atoms with E-state index in [0.29, 0.717) is 0 Å². The van der Waals surface area contributed by atoms with E-state index < -0.39 is 0 Å². The lowest BCUT2D eigenvalue weighted by Crippen LogP contribution is -2.46. The Morgan fingerprint density at radius 2 is 2.00 bits per heavy atom. The standard InChI is InChI=1S/C14H20FN/c1-14(9-2-3-11-16-14)10-8-12-4-6-13(15)7-5-12/h4-7,16H,2-3,8-11H2,1H3. The molecule has 0 spiro atoms. The zero-order valence-electron chi connectivity index (χ0n) is 9.93. The molecule has 2 rings (SSSR count). The predicted molar refractivity (Wildman–Crippen MR) is 65.0 cm³/mol. The molecule has 88 valence electrons. The van der Waals surface area contributed by atoms with Gasteiger partial charge in [0.15, 0.2) is 0 Å². The molecule has 0 saturated carbocycles. The highest BCUT2D eigenvalue weighted by molar-refractivity contribution is 5.16. The number of nitrogens with one attached hydrogen (secondary N) is 1. The lowest BCUT2D eigenvalue weighted by molar-refractivity contribution is 0.261. The molecule has 0 bridgehead atoms. The van der Waals surface area contributed by atoms with Crippen molar-refractivity contribution in [3.8, 4) is 0 Å². The third-order valence-electron chi connectivity index (χ3n) is 3.59. The second kappa shape index (κ2) is 4.96. The van der Waals surface area contributed by atoms with Crippen LogP contribution in [0.4, 0.5) is 4.39 Å². The summed E-state index contributed by atoms with van der Waals surface area (Å²) in [6, 6.07) is 6.88. The summed E-state index contributed by atoms with van der Waals surface area (Å²) in [6.45, 7) is 3.44. The van der Waals surface area contributed by atoms with Crippen molar-refractivity contribution in [1.29, 1.82) is 0 Å². The molecule has 0 radical (unpaired) electrons. The molecule has 1 saturated heterocycles. The quantitative estimate of drug-likeness (QED) is 0.826. The summed E-state index contributed by atoms with van der Waals surface area (Å²) < 4.78 is 12.7. The molecular formula is C14H20FN. The van der Waals surface area contributed by atoms with Crippen LogP contribution < -0.4 is 5.32 Å². The molecule has 1 N–H and O–H groups in total. The van der Waals surface area contributed by atoms with E-state index in [-0.39, 0.29) is 11.4 Å². The molecule has 1 nitrogen and oxygen atoms in total. The molecule has 2 heteroatoms. The molecule has 1 fully saturated rings. The van der Waals surface area contributed by atoms with Crippen molar-refractivity contribution in [2.75, 3.05) is 6.54 Å². The number of rotatable bonds is 3. The van der Waals surface area contributed by atoms with Crippen LogP contribution in [0.3, 0.4) is 0 Å². The third-order valence-corrected chi connectivity index (χ3v) is 3.59. The maximum absolute atomic E-state index is 12.7. The number of hydrogen-bond donors (Lipinski definition) is 1. The number of hydrogen-bond acceptors (Lipinski definition) is 1. The first-order valence-corrected chi connectivity index (χ1v) is 6.17. The van der Waals surface area contributed by atoms with Crippen molar-refractivity contribution in [3.63, 3.8) is 0 Å². The van der Waals surface area contributed by atoms with E-state index in [4.69, 9.17) is 0 Å². The van der Waals surface area contributed by atoms with Crippen LogP contribution in [-0.2, 0) is 6.42 Å². The van der Waals surface area contributed by atoms with E-state index in [2.05, 4.69) is 12.2 Å². The Kier molecular flexibility index (Phi) is 3.59. The summed E-state index contributed by atoms with van der Waals surface area (Å²) in [6.07, 6.45) is 6.05. The molecule has 1 aliphatic heterocycles. The van der Waals surface area contributed by atoms with Gasteiger partial charge in [-0.2, -0.15) is 0 Å². The van der Waals surface area contributed by atoms with Crippen molar-refractivity contribution < 1.29 is 4.39 Å². The van der Waals surface area contributed by atoms with Gasteiger partial charge in [0.05, 0.1) is 0 Å². The second-order valence-corrected chi connectivity index (χ2v) is 5.07. The molecule has 1 aromatic carbocycles. The average Bonchev–Trinajstić information content (AvgIpc) is 2.29. The Bertz CT molecular complexity index is 325. The van der Waals surface area contributed by atoms with E-state index in [1.165, 1.54) is 24.8 Å². The van der Waals surface area contributed by atoms with Gasteiger partial charge >= 0.3 is 0 Å². The van der Waals surface area contributed by atoms with Crippen LogP contribution in [-0.4, -0.2) is 12.1 Å². The van der Waals surface area contributed by atoms with Gasteiger partial charge < -0.3 is 5.32 Å². The van der Waals surface area contributed by atoms with E-state index >= 15 is 0 Å². The monoisotopic (exact) mass is 221 g/mol. The highest BCUT2D eigenvalue weighted by atomic mass is 19.1. The summed E-state index contributed by atoms with van der Waals surface area (Å²) in [4.78, 5) is 0. The van der Waals surface area contributed by atoms with Crippen molar-refractivity contribution in [1.82, 2.24) is 5.32 Å². The summed E-state index contributed by atoms with van der Waals surface area (Å²) in [7, 11) is 0. The van der Waals surface area contributed by atoms with Crippen molar-refractivity contribution in [2.24, 2.45) is 0 Å². The highest BCUT2D eigenvalue weighted by Gasteiger charge is 2.25. The normalized spacial score (nSPS) is 25.6. The Labute approximate surface area is 97.1 Å². The fourth-order valence-electron chi connectivity index (χ4n) is 2.40. The molecule has 1 aromatic rings. The van der Waals surface area contributed by atoms with Crippen LogP contribution in [0.5, 0.6) is 0 Å². The maximum Gasteiger partial charge on any atom is 0.123 e. The molecule has 1 heterocycles. The first-order valence-electron chi connectivity index (χ1n) is 6.17. The largest absolute Gasteiger partial charge is 0.312 e. The minimum atomic E-state index is -0.147. The van der Waals surface area contributed by atoms with Gasteiger partial charge in [-0.1, -0.05) is 18.6 Å². The van der Waals surface area contributed by atoms with Crippen LogP contribution in [0, 0.1) is 5.82 Å². The number of halogens is 1. The van der Waals surface area contributed by atoms with Gasteiger partial charge in [-0.25, -0.2) is 4.39 Å². The number of benzene rings is 1. The van der Waals surface area contributed by atoms with Crippen LogP contribution in [0.1, 0.15) is 38.2 Å². The molecule has 0 aliphatic carbocycles. The maximum atomic E-state index is 12.7. The van der Waals surface area contributed by atoms with Gasteiger partial charge in [0, 0.05) is 5.54 Å². The fraction of sp³-hybridized carbons (Fsp3) is 0.571. The summed E-state index contributed by atoms with van der Waals surface area (Å²) >= 11 is 0. The molecular weight excluding hydrogens is 201 g/mol. The Balaban J connectivity index is 1.88. The highest BCUT2D eigenvalue weighted by Crippen LogP contribution is 2.24. The van der Waals surface area contributed by atoms with Crippen molar-refractivity contribution in [3.05, 3.63) is 35.6 Å². The fourth-order valence-corrected chi connectivity index (χ4v) is 2.40. The van der Waals surface area contributed by atoms with Gasteiger partial charge in [0.25, 0.3) is 0 Å². The van der Waals surface area contributed by atoms with Crippen LogP contribution in [0.2, 0.25) is 0 Å². The van der Waals surface area contributed by atoms with Crippen molar-refractivity contribution >= 4 is 0 Å². The SMILES string of the molecule is CC1(CCc2ccc(F)cc2)CCCCN1. The van der Waals surface area contributed by atoms with Crippen molar-refractivity contribution in [2.45, 2.75) is 44.6 Å². The molecule has 16 heavy (non-hydrogen) atoms. The van der Waals surface area contributed by atoms with E-state index in [9.17, 15) is 4.39 Å². The smallest absolute Gasteiger partial charge is 0.123 e. The Hall–Kier alpha value is -0.890. The van der Waals surface area contributed by atoms with Crippen LogP contribution >= 0.6 is 0 Å². The first-order chi connectivity index (χ1) is 7.68. The summed E-state index contributed by atoms with van der Waals surface area (Å²) in [5.41, 5.74) is 1.52. The topological polar surface area (TPSA) is 12.0 Å². The Morgan fingerprint density at radius 1 is 1.25 bits per heavy atom. The number of aryl methyl sites for hydroxylation is 1. The molecule has 0 aromatic heterocycles. The van der Waals surface area contributed by atoms with Crippen LogP contribution in [0.15, 0.2) is 24.3 Å². The summed E-state index contributed by atoms with van der Waals surface area (Å²) in [5, 5.41) is 3.60. The molecule has 0 amide bonds. The number of piperidine rings is 1. The van der Waals surface area contributed by atoms with Gasteiger partial charge in [-0.15, -0.1) is 0 Å². The molecule has 1 aliphatic rings. The zero-order valence-corrected chi connectivity index (χ0v) is 9.93. The molecule has 1 unspecified atom stereocenters. The summed E-state index contributed by atoms with van der Waals surface area (Å²) in [5.74, 6) is -0.147. The average molecular weight is 221 g/mol. The lowest BCUT2D eigenvalue weighted by Gasteiger charge is -2.35. The van der Waals surface area contributed by atoms with E-state index in [1.807, 2.05) is 12.1 Å². The van der Waals surface area contributed by atoms with E-state index in [1.54, 1.807) is 12.1 Å². The zero-order chi connectivity index (χ0) is 11.4. The first kappa shape index (κ1) is 11.6. The second-order valence-electron chi connectivity index (χ2n) is 5.07. The predicted octanol–water partition coefficient (Wildman–Crippen LogP) is 3.29. The molecule has 1 atom stereocenters. The van der Waals surface area contributed by atoms with Gasteiger partial charge in [-0.05, 0) is 56.8 Å². The van der Waals surface area contributed by atoms with Gasteiger partial charge in [0.1, 0.15) is 5.82 Å². The Morgan fingerprint density at radius 3 is 2.62 bits per heavy atom. The lowest BCUT2D eigenvalue weighted by atomic mass is 9.85. The van der Waals surface area contributed by atoms with E-state index in [0.717, 1.165) is 19.4 Å². The van der Waals surface area contributed by atoms with Gasteiger partial charge in [-0.3, -0.25) is 0 Å².